The fourth-order valence-corrected chi connectivity index (χ4v) is 3.85. The molecule has 10 heteroatoms. The lowest BCUT2D eigenvalue weighted by Gasteiger charge is -2.17. The highest BCUT2D eigenvalue weighted by Crippen LogP contribution is 2.45. The number of cyclic esters (lactones) is 1. The number of hydrogen-bond donors (Lipinski definition) is 2. The summed E-state index contributed by atoms with van der Waals surface area (Å²) in [6.45, 7) is 0. The Balaban J connectivity index is 1.92. The molecule has 2 aromatic carbocycles. The second kappa shape index (κ2) is 7.80. The molecule has 1 aromatic heterocycles. The first-order valence-electron chi connectivity index (χ1n) is 9.09. The highest BCUT2D eigenvalue weighted by Gasteiger charge is 2.40. The zero-order chi connectivity index (χ0) is 22.3. The summed E-state index contributed by atoms with van der Waals surface area (Å²) in [7, 11) is 4.37. The highest BCUT2D eigenvalue weighted by molar-refractivity contribution is 7.71. The van der Waals surface area contributed by atoms with Crippen molar-refractivity contribution in [3.63, 3.8) is 0 Å². The third kappa shape index (κ3) is 3.21. The average Bonchev–Trinajstić information content (AvgIpc) is 3.09. The van der Waals surface area contributed by atoms with Crippen molar-refractivity contribution >= 4 is 18.2 Å². The van der Waals surface area contributed by atoms with E-state index in [1.54, 1.807) is 36.4 Å². The van der Waals surface area contributed by atoms with Crippen LogP contribution in [0.1, 0.15) is 27.6 Å². The molecule has 0 radical (unpaired) electrons. The van der Waals surface area contributed by atoms with Crippen molar-refractivity contribution in [2.45, 2.75) is 6.10 Å². The van der Waals surface area contributed by atoms with E-state index < -0.39 is 23.5 Å². The number of methoxy groups -OCH3 is 3. The second-order valence-corrected chi connectivity index (χ2v) is 6.97. The van der Waals surface area contributed by atoms with E-state index in [4.69, 9.17) is 31.2 Å². The first kappa shape index (κ1) is 20.5. The summed E-state index contributed by atoms with van der Waals surface area (Å²) >= 11 is 5.25. The molecule has 0 saturated heterocycles. The molecule has 160 valence electrons. The van der Waals surface area contributed by atoms with E-state index in [0.717, 1.165) is 0 Å². The number of ether oxygens (including phenoxy) is 4. The summed E-state index contributed by atoms with van der Waals surface area (Å²) in [5.41, 5.74) is 0.139. The Morgan fingerprint density at radius 3 is 2.35 bits per heavy atom. The van der Waals surface area contributed by atoms with Gasteiger partial charge in [-0.15, -0.1) is 0 Å². The van der Waals surface area contributed by atoms with Gasteiger partial charge < -0.3 is 24.1 Å². The number of rotatable bonds is 5. The maximum atomic E-state index is 12.8. The van der Waals surface area contributed by atoms with E-state index >= 15 is 0 Å². The number of aromatic amines is 1. The predicted molar refractivity (Wildman–Crippen MR) is 112 cm³/mol. The third-order valence-electron chi connectivity index (χ3n) is 5.00. The number of H-pyrrole nitrogens is 1. The Morgan fingerprint density at radius 2 is 1.74 bits per heavy atom. The number of nitrogens with zero attached hydrogens (tertiary/aromatic N) is 1. The van der Waals surface area contributed by atoms with Crippen LogP contribution in [0, 0.1) is 4.77 Å². The van der Waals surface area contributed by atoms with Crippen LogP contribution in [0.3, 0.4) is 0 Å². The van der Waals surface area contributed by atoms with Crippen molar-refractivity contribution in [2.24, 2.45) is 0 Å². The normalized spacial score (nSPS) is 14.7. The zero-order valence-electron chi connectivity index (χ0n) is 16.8. The SMILES string of the molecule is COc1ccc(-n2c(O)c([C@H]3OC(=O)c4c3ccc(OC)c4OC)c(=O)[nH]c2=S)cc1. The van der Waals surface area contributed by atoms with Gasteiger partial charge in [0.15, 0.2) is 22.4 Å². The maximum absolute atomic E-state index is 12.8. The molecule has 0 aliphatic carbocycles. The van der Waals surface area contributed by atoms with E-state index in [2.05, 4.69) is 4.98 Å². The number of aromatic nitrogens is 2. The molecule has 0 amide bonds. The molecule has 0 spiro atoms. The van der Waals surface area contributed by atoms with Gasteiger partial charge in [0.2, 0.25) is 5.88 Å². The Hall–Kier alpha value is -3.79. The van der Waals surface area contributed by atoms with Gasteiger partial charge in [-0.3, -0.25) is 14.3 Å². The van der Waals surface area contributed by atoms with Gasteiger partial charge in [0, 0.05) is 5.56 Å². The Morgan fingerprint density at radius 1 is 1.03 bits per heavy atom. The molecule has 0 bridgehead atoms. The van der Waals surface area contributed by atoms with Crippen LogP contribution in [0.2, 0.25) is 0 Å². The van der Waals surface area contributed by atoms with E-state index in [0.29, 0.717) is 22.7 Å². The predicted octanol–water partition coefficient (Wildman–Crippen LogP) is 2.89. The minimum atomic E-state index is -1.16. The number of hydrogen-bond acceptors (Lipinski definition) is 8. The van der Waals surface area contributed by atoms with E-state index in [1.165, 1.54) is 25.9 Å². The highest BCUT2D eigenvalue weighted by atomic mass is 32.1. The fourth-order valence-electron chi connectivity index (χ4n) is 3.56. The lowest BCUT2D eigenvalue weighted by atomic mass is 9.99. The molecule has 2 heterocycles. The lowest BCUT2D eigenvalue weighted by Crippen LogP contribution is -2.21. The molecule has 0 saturated carbocycles. The fraction of sp³-hybridized carbons (Fsp3) is 0.190. The maximum Gasteiger partial charge on any atom is 0.343 e. The quantitative estimate of drug-likeness (QED) is 0.458. The van der Waals surface area contributed by atoms with E-state index in [1.807, 2.05) is 0 Å². The Labute approximate surface area is 181 Å². The zero-order valence-corrected chi connectivity index (χ0v) is 17.6. The molecular formula is C21H18N2O7S. The number of carbonyl (C=O) groups is 1. The largest absolute Gasteiger partial charge is 0.497 e. The first-order valence-corrected chi connectivity index (χ1v) is 9.50. The van der Waals surface area contributed by atoms with Crippen LogP contribution in [0.5, 0.6) is 23.1 Å². The van der Waals surface area contributed by atoms with E-state index in [-0.39, 0.29) is 21.6 Å². The van der Waals surface area contributed by atoms with Crippen molar-refractivity contribution in [3.05, 3.63) is 68.2 Å². The first-order chi connectivity index (χ1) is 14.9. The van der Waals surface area contributed by atoms with Crippen molar-refractivity contribution in [2.75, 3.05) is 21.3 Å². The molecule has 31 heavy (non-hydrogen) atoms. The third-order valence-corrected chi connectivity index (χ3v) is 5.29. The summed E-state index contributed by atoms with van der Waals surface area (Å²) in [6, 6.07) is 9.88. The summed E-state index contributed by atoms with van der Waals surface area (Å²) in [6.07, 6.45) is -1.16. The monoisotopic (exact) mass is 442 g/mol. The van der Waals surface area contributed by atoms with Crippen molar-refractivity contribution in [1.29, 1.82) is 0 Å². The van der Waals surface area contributed by atoms with Crippen LogP contribution < -0.4 is 19.8 Å². The van der Waals surface area contributed by atoms with Crippen molar-refractivity contribution in [1.82, 2.24) is 9.55 Å². The van der Waals surface area contributed by atoms with E-state index in [9.17, 15) is 14.7 Å². The molecule has 0 fully saturated rings. The number of benzene rings is 2. The van der Waals surface area contributed by atoms with Gasteiger partial charge in [0.1, 0.15) is 16.9 Å². The molecule has 0 unspecified atom stereocenters. The Kier molecular flexibility index (Phi) is 5.15. The van der Waals surface area contributed by atoms with Gasteiger partial charge in [-0.25, -0.2) is 4.79 Å². The van der Waals surface area contributed by atoms with Crippen LogP contribution >= 0.6 is 12.2 Å². The second-order valence-electron chi connectivity index (χ2n) is 6.58. The number of carbonyl (C=O) groups excluding carboxylic acids is 1. The molecule has 3 aromatic rings. The van der Waals surface area contributed by atoms with Gasteiger partial charge in [-0.1, -0.05) is 6.07 Å². The minimum Gasteiger partial charge on any atom is -0.497 e. The van der Waals surface area contributed by atoms with Gasteiger partial charge >= 0.3 is 5.97 Å². The summed E-state index contributed by atoms with van der Waals surface area (Å²) in [5, 5.41) is 11.0. The molecule has 2 N–H and O–H groups in total. The molecule has 1 atom stereocenters. The lowest BCUT2D eigenvalue weighted by molar-refractivity contribution is 0.0447. The van der Waals surface area contributed by atoms with Gasteiger partial charge in [-0.2, -0.15) is 0 Å². The van der Waals surface area contributed by atoms with Crippen molar-refractivity contribution in [3.8, 4) is 28.8 Å². The molecule has 1 aliphatic heterocycles. The standard InChI is InChI=1S/C21H18N2O7S/c1-27-11-6-4-10(5-7-11)23-19(25)15(18(24)22-21(23)31)16-12-8-9-13(28-2)17(29-3)14(12)20(26)30-16/h4-9,16,25H,1-3H3,(H,22,24,31)/t16-/m0/s1. The molecule has 1 aliphatic rings. The summed E-state index contributed by atoms with van der Waals surface area (Å²) < 4.78 is 22.4. The minimum absolute atomic E-state index is 0.0201. The number of nitrogens with one attached hydrogen (secondary N) is 1. The van der Waals surface area contributed by atoms with Crippen LogP contribution in [-0.2, 0) is 4.74 Å². The van der Waals surface area contributed by atoms with Gasteiger partial charge in [0.25, 0.3) is 5.56 Å². The van der Waals surface area contributed by atoms with Crippen LogP contribution in [0.15, 0.2) is 41.2 Å². The van der Waals surface area contributed by atoms with Crippen LogP contribution in [-0.4, -0.2) is 42.0 Å². The summed E-state index contributed by atoms with van der Waals surface area (Å²) in [5.74, 6) is -0.0102. The number of aromatic hydroxyl groups is 1. The Bertz CT molecular complexity index is 1290. The summed E-state index contributed by atoms with van der Waals surface area (Å²) in [4.78, 5) is 27.9. The molecular weight excluding hydrogens is 424 g/mol. The average molecular weight is 442 g/mol. The molecule has 4 rings (SSSR count). The number of esters is 1. The smallest absolute Gasteiger partial charge is 0.343 e. The number of fused-ring (bicyclic) bond motifs is 1. The van der Waals surface area contributed by atoms with Crippen molar-refractivity contribution < 1.29 is 28.8 Å². The van der Waals surface area contributed by atoms with Gasteiger partial charge in [-0.05, 0) is 42.5 Å². The topological polar surface area (TPSA) is 112 Å². The molecule has 9 nitrogen and oxygen atoms in total. The van der Waals surface area contributed by atoms with Crippen LogP contribution in [0.4, 0.5) is 0 Å². The van der Waals surface area contributed by atoms with Gasteiger partial charge in [0.05, 0.1) is 27.0 Å². The van der Waals surface area contributed by atoms with Crippen LogP contribution in [0.25, 0.3) is 5.69 Å².